The second-order valence-corrected chi connectivity index (χ2v) is 8.04. The first kappa shape index (κ1) is 20.0. The largest absolute Gasteiger partial charge is 0.0654 e. The van der Waals surface area contributed by atoms with Crippen molar-refractivity contribution < 1.29 is 0 Å². The Morgan fingerprint density at radius 1 is 0.600 bits per heavy atom. The molecule has 1 atom stereocenters. The molecule has 20 heavy (non-hydrogen) atoms. The highest BCUT2D eigenvalue weighted by molar-refractivity contribution is 4.70. The summed E-state index contributed by atoms with van der Waals surface area (Å²) in [5.41, 5.74) is 0.512. The summed E-state index contributed by atoms with van der Waals surface area (Å²) in [5, 5.41) is 0. The standard InChI is InChI=1S/C20H42/c1-6-8-10-11-12-13-15-17-19(16-14-9-7-2)18-20(3,4)5/h19H,6-18H2,1-5H3. The Labute approximate surface area is 130 Å². The molecule has 0 nitrogen and oxygen atoms in total. The van der Waals surface area contributed by atoms with Gasteiger partial charge in [0.15, 0.2) is 0 Å². The predicted octanol–water partition coefficient (Wildman–Crippen LogP) is 7.76. The fourth-order valence-electron chi connectivity index (χ4n) is 3.29. The molecule has 122 valence electrons. The zero-order valence-electron chi connectivity index (χ0n) is 15.3. The maximum absolute atomic E-state index is 2.41. The molecule has 0 fully saturated rings. The van der Waals surface area contributed by atoms with Crippen LogP contribution in [-0.4, -0.2) is 0 Å². The van der Waals surface area contributed by atoms with Crippen LogP contribution in [0.3, 0.4) is 0 Å². The minimum absolute atomic E-state index is 0.512. The van der Waals surface area contributed by atoms with Crippen LogP contribution in [0.15, 0.2) is 0 Å². The summed E-state index contributed by atoms with van der Waals surface area (Å²) in [7, 11) is 0. The van der Waals surface area contributed by atoms with Crippen LogP contribution in [0.5, 0.6) is 0 Å². The Morgan fingerprint density at radius 2 is 1.00 bits per heavy atom. The molecule has 0 aliphatic rings. The molecule has 0 heteroatoms. The third kappa shape index (κ3) is 14.4. The average molecular weight is 283 g/mol. The van der Waals surface area contributed by atoms with Crippen LogP contribution >= 0.6 is 0 Å². The molecule has 0 heterocycles. The van der Waals surface area contributed by atoms with E-state index in [1.807, 2.05) is 0 Å². The van der Waals surface area contributed by atoms with Gasteiger partial charge < -0.3 is 0 Å². The molecule has 0 spiro atoms. The van der Waals surface area contributed by atoms with Crippen molar-refractivity contribution in [2.45, 2.75) is 118 Å². The number of hydrogen-bond acceptors (Lipinski definition) is 0. The van der Waals surface area contributed by atoms with Gasteiger partial charge in [0.25, 0.3) is 0 Å². The summed E-state index contributed by atoms with van der Waals surface area (Å²) in [6, 6.07) is 0. The quantitative estimate of drug-likeness (QED) is 0.303. The maximum atomic E-state index is 2.41. The second kappa shape index (κ2) is 12.7. The monoisotopic (exact) mass is 282 g/mol. The molecule has 0 bridgehead atoms. The van der Waals surface area contributed by atoms with E-state index in [1.165, 1.54) is 83.5 Å². The van der Waals surface area contributed by atoms with Crippen LogP contribution < -0.4 is 0 Å². The van der Waals surface area contributed by atoms with Gasteiger partial charge in [0.1, 0.15) is 0 Å². The molecule has 0 saturated heterocycles. The lowest BCUT2D eigenvalue weighted by Gasteiger charge is -2.26. The number of hydrogen-bond donors (Lipinski definition) is 0. The van der Waals surface area contributed by atoms with Gasteiger partial charge in [-0.05, 0) is 17.8 Å². The zero-order valence-corrected chi connectivity index (χ0v) is 15.3. The van der Waals surface area contributed by atoms with Gasteiger partial charge in [-0.25, -0.2) is 0 Å². The fraction of sp³-hybridized carbons (Fsp3) is 1.00. The van der Waals surface area contributed by atoms with Crippen molar-refractivity contribution in [2.75, 3.05) is 0 Å². The Kier molecular flexibility index (Phi) is 12.7. The molecular formula is C20H42. The van der Waals surface area contributed by atoms with Crippen LogP contribution in [-0.2, 0) is 0 Å². The number of rotatable bonds is 13. The maximum Gasteiger partial charge on any atom is -0.0380 e. The third-order valence-electron chi connectivity index (χ3n) is 4.33. The Morgan fingerprint density at radius 3 is 1.50 bits per heavy atom. The molecule has 0 aliphatic heterocycles. The summed E-state index contributed by atoms with van der Waals surface area (Å²) in [6.07, 6.45) is 18.8. The van der Waals surface area contributed by atoms with E-state index >= 15 is 0 Å². The van der Waals surface area contributed by atoms with E-state index in [-0.39, 0.29) is 0 Å². The first-order valence-corrected chi connectivity index (χ1v) is 9.49. The van der Waals surface area contributed by atoms with E-state index in [2.05, 4.69) is 34.6 Å². The number of unbranched alkanes of at least 4 members (excludes halogenated alkanes) is 8. The van der Waals surface area contributed by atoms with E-state index in [9.17, 15) is 0 Å². The molecule has 0 amide bonds. The molecule has 0 aromatic rings. The molecule has 0 aliphatic carbocycles. The minimum Gasteiger partial charge on any atom is -0.0654 e. The lowest BCUT2D eigenvalue weighted by atomic mass is 9.80. The predicted molar refractivity (Wildman–Crippen MR) is 94.3 cm³/mol. The summed E-state index contributed by atoms with van der Waals surface area (Å²) < 4.78 is 0. The summed E-state index contributed by atoms with van der Waals surface area (Å²) in [4.78, 5) is 0. The fourth-order valence-corrected chi connectivity index (χ4v) is 3.29. The second-order valence-electron chi connectivity index (χ2n) is 8.04. The van der Waals surface area contributed by atoms with E-state index in [0.29, 0.717) is 5.41 Å². The van der Waals surface area contributed by atoms with Crippen molar-refractivity contribution in [3.05, 3.63) is 0 Å². The van der Waals surface area contributed by atoms with Crippen molar-refractivity contribution in [1.29, 1.82) is 0 Å². The zero-order chi connectivity index (χ0) is 15.3. The van der Waals surface area contributed by atoms with Crippen molar-refractivity contribution in [2.24, 2.45) is 11.3 Å². The molecular weight excluding hydrogens is 240 g/mol. The van der Waals surface area contributed by atoms with Gasteiger partial charge in [-0.2, -0.15) is 0 Å². The molecule has 0 aromatic heterocycles. The topological polar surface area (TPSA) is 0 Å². The van der Waals surface area contributed by atoms with Gasteiger partial charge >= 0.3 is 0 Å². The highest BCUT2D eigenvalue weighted by atomic mass is 14.2. The SMILES string of the molecule is CCCCCCCCCC(CCCCC)CC(C)(C)C. The third-order valence-corrected chi connectivity index (χ3v) is 4.33. The molecule has 0 radical (unpaired) electrons. The van der Waals surface area contributed by atoms with Crippen molar-refractivity contribution in [1.82, 2.24) is 0 Å². The Bertz CT molecular complexity index is 187. The van der Waals surface area contributed by atoms with Gasteiger partial charge in [-0.3, -0.25) is 0 Å². The summed E-state index contributed by atoms with van der Waals surface area (Å²) in [5.74, 6) is 0.984. The normalized spacial score (nSPS) is 13.7. The van der Waals surface area contributed by atoms with Gasteiger partial charge in [0, 0.05) is 0 Å². The summed E-state index contributed by atoms with van der Waals surface area (Å²) in [6.45, 7) is 11.8. The van der Waals surface area contributed by atoms with E-state index < -0.39 is 0 Å². The van der Waals surface area contributed by atoms with Crippen LogP contribution in [0, 0.1) is 11.3 Å². The molecule has 0 saturated carbocycles. The van der Waals surface area contributed by atoms with Gasteiger partial charge in [-0.15, -0.1) is 0 Å². The van der Waals surface area contributed by atoms with Crippen molar-refractivity contribution in [3.63, 3.8) is 0 Å². The van der Waals surface area contributed by atoms with Crippen LogP contribution in [0.25, 0.3) is 0 Å². The summed E-state index contributed by atoms with van der Waals surface area (Å²) >= 11 is 0. The smallest absolute Gasteiger partial charge is 0.0380 e. The lowest BCUT2D eigenvalue weighted by molar-refractivity contribution is 0.260. The van der Waals surface area contributed by atoms with Crippen LogP contribution in [0.2, 0.25) is 0 Å². The Hall–Kier alpha value is 0. The van der Waals surface area contributed by atoms with Crippen LogP contribution in [0.4, 0.5) is 0 Å². The highest BCUT2D eigenvalue weighted by Crippen LogP contribution is 2.31. The molecule has 0 aromatic carbocycles. The average Bonchev–Trinajstić information content (AvgIpc) is 2.36. The van der Waals surface area contributed by atoms with E-state index in [4.69, 9.17) is 0 Å². The molecule has 0 N–H and O–H groups in total. The van der Waals surface area contributed by atoms with Gasteiger partial charge in [-0.1, -0.05) is 112 Å². The molecule has 0 rings (SSSR count). The van der Waals surface area contributed by atoms with Gasteiger partial charge in [0.2, 0.25) is 0 Å². The van der Waals surface area contributed by atoms with Crippen molar-refractivity contribution in [3.8, 4) is 0 Å². The van der Waals surface area contributed by atoms with E-state index in [1.54, 1.807) is 0 Å². The molecule has 1 unspecified atom stereocenters. The minimum atomic E-state index is 0.512. The van der Waals surface area contributed by atoms with Gasteiger partial charge in [0.05, 0.1) is 0 Å². The highest BCUT2D eigenvalue weighted by Gasteiger charge is 2.18. The first-order chi connectivity index (χ1) is 9.49. The van der Waals surface area contributed by atoms with E-state index in [0.717, 1.165) is 5.92 Å². The first-order valence-electron chi connectivity index (χ1n) is 9.49. The van der Waals surface area contributed by atoms with Crippen LogP contribution in [0.1, 0.15) is 118 Å². The Balaban J connectivity index is 3.73. The lowest BCUT2D eigenvalue weighted by Crippen LogP contribution is -2.13. The van der Waals surface area contributed by atoms with Crippen molar-refractivity contribution >= 4 is 0 Å².